The Bertz CT molecular complexity index is 999. The lowest BCUT2D eigenvalue weighted by Crippen LogP contribution is -2.49. The Kier molecular flexibility index (Phi) is 5.23. The number of halogens is 2. The summed E-state index contributed by atoms with van der Waals surface area (Å²) in [7, 11) is 1.85. The molecule has 1 N–H and O–H groups in total. The van der Waals surface area contributed by atoms with Gasteiger partial charge in [0.2, 0.25) is 5.91 Å². The lowest BCUT2D eigenvalue weighted by atomic mass is 10.2. The molecule has 10 heteroatoms. The third kappa shape index (κ3) is 3.83. The van der Waals surface area contributed by atoms with E-state index in [1.165, 1.54) is 12.1 Å². The van der Waals surface area contributed by atoms with Crippen molar-refractivity contribution in [1.29, 1.82) is 0 Å². The number of nitrogens with one attached hydrogen (secondary N) is 1. The first-order chi connectivity index (χ1) is 13.5. The van der Waals surface area contributed by atoms with Gasteiger partial charge in [-0.05, 0) is 40.2 Å². The van der Waals surface area contributed by atoms with E-state index >= 15 is 0 Å². The molecule has 0 atom stereocenters. The highest BCUT2D eigenvalue weighted by Crippen LogP contribution is 2.29. The van der Waals surface area contributed by atoms with E-state index in [-0.39, 0.29) is 11.7 Å². The van der Waals surface area contributed by atoms with Crippen molar-refractivity contribution in [3.8, 4) is 0 Å². The first-order valence-corrected chi connectivity index (χ1v) is 9.66. The van der Waals surface area contributed by atoms with Gasteiger partial charge in [-0.1, -0.05) is 0 Å². The number of amides is 1. The van der Waals surface area contributed by atoms with Gasteiger partial charge in [0.05, 0.1) is 11.9 Å². The molecule has 0 saturated carbocycles. The number of carbonyl (C=O) groups excluding carboxylic acids is 1. The topological polar surface area (TPSA) is 79.2 Å². The number of hydrogen-bond donors (Lipinski definition) is 1. The Hall–Kier alpha value is -2.59. The first kappa shape index (κ1) is 18.8. The average Bonchev–Trinajstić information content (AvgIpc) is 2.98. The highest BCUT2D eigenvalue weighted by molar-refractivity contribution is 9.10. The van der Waals surface area contributed by atoms with E-state index in [0.717, 1.165) is 47.6 Å². The van der Waals surface area contributed by atoms with Gasteiger partial charge in [0, 0.05) is 38.9 Å². The van der Waals surface area contributed by atoms with Crippen LogP contribution in [0.1, 0.15) is 0 Å². The number of nitrogens with zero attached hydrogens (tertiary/aromatic N) is 6. The maximum atomic E-state index is 13.0. The van der Waals surface area contributed by atoms with Crippen LogP contribution in [0.3, 0.4) is 0 Å². The number of hydrogen-bond acceptors (Lipinski definition) is 6. The molecule has 1 fully saturated rings. The van der Waals surface area contributed by atoms with Crippen molar-refractivity contribution in [1.82, 2.24) is 24.6 Å². The van der Waals surface area contributed by atoms with E-state index in [2.05, 4.69) is 46.1 Å². The minimum absolute atomic E-state index is 0.112. The van der Waals surface area contributed by atoms with Crippen molar-refractivity contribution >= 4 is 44.4 Å². The van der Waals surface area contributed by atoms with Crippen LogP contribution in [-0.2, 0) is 11.8 Å². The highest BCUT2D eigenvalue weighted by atomic mass is 79.9. The number of piperazine rings is 1. The summed E-state index contributed by atoms with van der Waals surface area (Å²) in [5.74, 6) is 0.410. The summed E-state index contributed by atoms with van der Waals surface area (Å²) >= 11 is 3.49. The van der Waals surface area contributed by atoms with E-state index in [9.17, 15) is 9.18 Å². The maximum Gasteiger partial charge on any atom is 0.238 e. The summed E-state index contributed by atoms with van der Waals surface area (Å²) in [6.45, 7) is 3.26. The summed E-state index contributed by atoms with van der Waals surface area (Å²) in [5, 5.41) is 8.05. The second-order valence-corrected chi connectivity index (χ2v) is 7.38. The van der Waals surface area contributed by atoms with E-state index in [4.69, 9.17) is 0 Å². The standard InChI is InChI=1S/C18H19BrFN7O/c1-25-17-15(16(19)24-25)18(22-11-21-17)27-8-6-26(7-9-27)10-14(28)23-13-4-2-12(20)3-5-13/h2-5,11H,6-10H2,1H3,(H,23,28). The number of rotatable bonds is 4. The fourth-order valence-corrected chi connectivity index (χ4v) is 3.91. The van der Waals surface area contributed by atoms with Crippen LogP contribution in [0.15, 0.2) is 35.2 Å². The van der Waals surface area contributed by atoms with Crippen molar-refractivity contribution < 1.29 is 9.18 Å². The summed E-state index contributed by atoms with van der Waals surface area (Å²) in [6.07, 6.45) is 1.55. The predicted molar refractivity (Wildman–Crippen MR) is 108 cm³/mol. The van der Waals surface area contributed by atoms with Crippen LogP contribution in [0.5, 0.6) is 0 Å². The summed E-state index contributed by atoms with van der Waals surface area (Å²) in [6, 6.07) is 5.76. The number of fused-ring (bicyclic) bond motifs is 1. The molecule has 1 saturated heterocycles. The van der Waals surface area contributed by atoms with Gasteiger partial charge in [0.1, 0.15) is 22.6 Å². The second kappa shape index (κ2) is 7.80. The molecule has 0 bridgehead atoms. The van der Waals surface area contributed by atoms with Crippen LogP contribution in [0, 0.1) is 5.82 Å². The molecule has 8 nitrogen and oxygen atoms in total. The third-order valence-corrected chi connectivity index (χ3v) is 5.28. The Morgan fingerprint density at radius 3 is 2.61 bits per heavy atom. The van der Waals surface area contributed by atoms with E-state index in [0.29, 0.717) is 12.2 Å². The van der Waals surface area contributed by atoms with Gasteiger partial charge in [0.25, 0.3) is 0 Å². The number of aromatic nitrogens is 4. The van der Waals surface area contributed by atoms with Crippen molar-refractivity contribution in [2.24, 2.45) is 7.05 Å². The fourth-order valence-electron chi connectivity index (χ4n) is 3.32. The zero-order valence-electron chi connectivity index (χ0n) is 15.3. The molecule has 146 valence electrons. The minimum Gasteiger partial charge on any atom is -0.353 e. The predicted octanol–water partition coefficient (Wildman–Crippen LogP) is 2.03. The average molecular weight is 448 g/mol. The molecule has 4 rings (SSSR count). The molecule has 3 heterocycles. The zero-order chi connectivity index (χ0) is 19.7. The normalized spacial score (nSPS) is 15.2. The van der Waals surface area contributed by atoms with Crippen molar-refractivity contribution in [2.75, 3.05) is 42.9 Å². The van der Waals surface area contributed by atoms with Crippen LogP contribution in [0.25, 0.3) is 11.0 Å². The molecular formula is C18H19BrFN7O. The number of benzene rings is 1. The number of anilines is 2. The molecule has 1 aliphatic rings. The molecule has 3 aromatic rings. The molecule has 2 aromatic heterocycles. The summed E-state index contributed by atoms with van der Waals surface area (Å²) in [5.41, 5.74) is 1.37. The SMILES string of the molecule is Cn1nc(Br)c2c(N3CCN(CC(=O)Nc4ccc(F)cc4)CC3)ncnc21. The quantitative estimate of drug-likeness (QED) is 0.658. The first-order valence-electron chi connectivity index (χ1n) is 8.87. The van der Waals surface area contributed by atoms with Crippen LogP contribution in [-0.4, -0.2) is 63.3 Å². The smallest absolute Gasteiger partial charge is 0.238 e. The van der Waals surface area contributed by atoms with Gasteiger partial charge in [-0.3, -0.25) is 9.69 Å². The number of aryl methyl sites for hydroxylation is 1. The Labute approximate surface area is 169 Å². The monoisotopic (exact) mass is 447 g/mol. The molecule has 1 amide bonds. The fraction of sp³-hybridized carbons (Fsp3) is 0.333. The van der Waals surface area contributed by atoms with Crippen LogP contribution in [0.2, 0.25) is 0 Å². The lowest BCUT2D eigenvalue weighted by Gasteiger charge is -2.35. The van der Waals surface area contributed by atoms with Gasteiger partial charge in [0.15, 0.2) is 5.65 Å². The largest absolute Gasteiger partial charge is 0.353 e. The van der Waals surface area contributed by atoms with E-state index in [1.54, 1.807) is 23.1 Å². The van der Waals surface area contributed by atoms with Gasteiger partial charge >= 0.3 is 0 Å². The van der Waals surface area contributed by atoms with Crippen molar-refractivity contribution in [3.63, 3.8) is 0 Å². The molecule has 0 aliphatic carbocycles. The molecular weight excluding hydrogens is 429 g/mol. The van der Waals surface area contributed by atoms with E-state index in [1.807, 2.05) is 7.05 Å². The highest BCUT2D eigenvalue weighted by Gasteiger charge is 2.23. The summed E-state index contributed by atoms with van der Waals surface area (Å²) < 4.78 is 15.4. The third-order valence-electron chi connectivity index (χ3n) is 4.72. The summed E-state index contributed by atoms with van der Waals surface area (Å²) in [4.78, 5) is 25.3. The van der Waals surface area contributed by atoms with Gasteiger partial charge < -0.3 is 10.2 Å². The molecule has 28 heavy (non-hydrogen) atoms. The zero-order valence-corrected chi connectivity index (χ0v) is 16.9. The molecule has 0 spiro atoms. The van der Waals surface area contributed by atoms with Gasteiger partial charge in [-0.25, -0.2) is 19.0 Å². The van der Waals surface area contributed by atoms with Crippen molar-refractivity contribution in [3.05, 3.63) is 41.0 Å². The lowest BCUT2D eigenvalue weighted by molar-refractivity contribution is -0.117. The minimum atomic E-state index is -0.326. The van der Waals surface area contributed by atoms with Gasteiger partial charge in [-0.2, -0.15) is 5.10 Å². The Morgan fingerprint density at radius 1 is 1.18 bits per heavy atom. The molecule has 1 aromatic carbocycles. The van der Waals surface area contributed by atoms with E-state index < -0.39 is 0 Å². The van der Waals surface area contributed by atoms with Crippen LogP contribution < -0.4 is 10.2 Å². The van der Waals surface area contributed by atoms with Gasteiger partial charge in [-0.15, -0.1) is 0 Å². The number of carbonyl (C=O) groups is 1. The maximum absolute atomic E-state index is 13.0. The van der Waals surface area contributed by atoms with Crippen LogP contribution >= 0.6 is 15.9 Å². The van der Waals surface area contributed by atoms with Crippen molar-refractivity contribution in [2.45, 2.75) is 0 Å². The van der Waals surface area contributed by atoms with Crippen LogP contribution in [0.4, 0.5) is 15.9 Å². The molecule has 1 aliphatic heterocycles. The molecule has 0 radical (unpaired) electrons. The Balaban J connectivity index is 1.37. The Morgan fingerprint density at radius 2 is 1.89 bits per heavy atom. The molecule has 0 unspecified atom stereocenters. The second-order valence-electron chi connectivity index (χ2n) is 6.63.